The molecule has 4 rings (SSSR count). The Morgan fingerprint density at radius 1 is 1.25 bits per heavy atom. The van der Waals surface area contributed by atoms with Crippen LogP contribution in [0.2, 0.25) is 0 Å². The lowest BCUT2D eigenvalue weighted by Crippen LogP contribution is -2.38. The van der Waals surface area contributed by atoms with E-state index in [4.69, 9.17) is 9.47 Å². The number of phenols is 1. The Hall–Kier alpha value is -3.02. The second kappa shape index (κ2) is 6.86. The molecule has 1 aliphatic carbocycles. The number of phenolic OH excluding ortho intramolecular Hbond substituents is 1. The van der Waals surface area contributed by atoms with Crippen molar-refractivity contribution < 1.29 is 24.2 Å². The summed E-state index contributed by atoms with van der Waals surface area (Å²) < 4.78 is 11.3. The van der Waals surface area contributed by atoms with E-state index in [0.29, 0.717) is 0 Å². The third-order valence-corrected chi connectivity index (χ3v) is 5.09. The molecular formula is C22H23NO5. The number of aromatic hydroxyl groups is 1. The molecule has 6 heteroatoms. The highest BCUT2D eigenvalue weighted by atomic mass is 16.5. The van der Waals surface area contributed by atoms with Crippen molar-refractivity contribution in [1.29, 1.82) is 0 Å². The minimum absolute atomic E-state index is 0.0622. The van der Waals surface area contributed by atoms with Gasteiger partial charge in [0.05, 0.1) is 6.42 Å². The van der Waals surface area contributed by atoms with Crippen molar-refractivity contribution in [3.63, 3.8) is 0 Å². The number of Topliss-reactive ketones (excluding diaryl/α,β-unsaturated/α-hetero) is 1. The first kappa shape index (κ1) is 18.3. The van der Waals surface area contributed by atoms with Crippen molar-refractivity contribution in [2.45, 2.75) is 44.8 Å². The number of hydrogen-bond acceptors (Lipinski definition) is 5. The van der Waals surface area contributed by atoms with E-state index in [9.17, 15) is 14.7 Å². The molecule has 6 nitrogen and oxygen atoms in total. The van der Waals surface area contributed by atoms with Gasteiger partial charge >= 0.3 is 0 Å². The number of fused-ring (bicyclic) bond motifs is 2. The fourth-order valence-corrected chi connectivity index (χ4v) is 3.91. The molecule has 0 spiro atoms. The van der Waals surface area contributed by atoms with Gasteiger partial charge < -0.3 is 19.9 Å². The van der Waals surface area contributed by atoms with Crippen LogP contribution < -0.4 is 14.8 Å². The van der Waals surface area contributed by atoms with E-state index in [0.717, 1.165) is 12.8 Å². The topological polar surface area (TPSA) is 84.9 Å². The molecule has 0 bridgehead atoms. The zero-order chi connectivity index (χ0) is 19.9. The second-order valence-electron chi connectivity index (χ2n) is 8.01. The van der Waals surface area contributed by atoms with E-state index in [-0.39, 0.29) is 53.6 Å². The summed E-state index contributed by atoms with van der Waals surface area (Å²) in [5.41, 5.74) is 2.04. The average molecular weight is 381 g/mol. The van der Waals surface area contributed by atoms with Crippen LogP contribution in [-0.2, 0) is 17.6 Å². The van der Waals surface area contributed by atoms with E-state index < -0.39 is 5.60 Å². The highest BCUT2D eigenvalue weighted by molar-refractivity contribution is 6.03. The maximum atomic E-state index is 12.3. The van der Waals surface area contributed by atoms with Gasteiger partial charge in [0.25, 0.3) is 5.91 Å². The fourth-order valence-electron chi connectivity index (χ4n) is 3.91. The fraction of sp³-hybridized carbons (Fsp3) is 0.364. The normalized spacial score (nSPS) is 17.4. The van der Waals surface area contributed by atoms with E-state index in [2.05, 4.69) is 17.4 Å². The molecule has 0 saturated carbocycles. The first-order chi connectivity index (χ1) is 13.3. The van der Waals surface area contributed by atoms with Crippen LogP contribution in [-0.4, -0.2) is 35.0 Å². The van der Waals surface area contributed by atoms with Crippen LogP contribution in [0.5, 0.6) is 17.2 Å². The van der Waals surface area contributed by atoms with E-state index >= 15 is 0 Å². The monoisotopic (exact) mass is 381 g/mol. The van der Waals surface area contributed by atoms with Gasteiger partial charge in [-0.15, -0.1) is 0 Å². The Balaban J connectivity index is 1.38. The summed E-state index contributed by atoms with van der Waals surface area (Å²) in [6, 6.07) is 11.1. The molecule has 2 aromatic rings. The summed E-state index contributed by atoms with van der Waals surface area (Å²) in [6.07, 6.45) is 1.82. The number of amides is 1. The summed E-state index contributed by atoms with van der Waals surface area (Å²) >= 11 is 0. The maximum Gasteiger partial charge on any atom is 0.258 e. The molecule has 146 valence electrons. The van der Waals surface area contributed by atoms with Gasteiger partial charge in [-0.05, 0) is 37.8 Å². The molecule has 28 heavy (non-hydrogen) atoms. The van der Waals surface area contributed by atoms with E-state index in [1.165, 1.54) is 17.2 Å². The maximum absolute atomic E-state index is 12.3. The van der Waals surface area contributed by atoms with Crippen molar-refractivity contribution in [3.8, 4) is 17.2 Å². The molecule has 0 aromatic heterocycles. The van der Waals surface area contributed by atoms with Gasteiger partial charge in [-0.3, -0.25) is 9.59 Å². The van der Waals surface area contributed by atoms with Gasteiger partial charge in [0.1, 0.15) is 28.4 Å². The quantitative estimate of drug-likeness (QED) is 0.851. The van der Waals surface area contributed by atoms with Crippen molar-refractivity contribution in [1.82, 2.24) is 5.32 Å². The van der Waals surface area contributed by atoms with Crippen LogP contribution in [0, 0.1) is 0 Å². The summed E-state index contributed by atoms with van der Waals surface area (Å²) in [4.78, 5) is 24.5. The largest absolute Gasteiger partial charge is 0.507 e. The smallest absolute Gasteiger partial charge is 0.258 e. The zero-order valence-electron chi connectivity index (χ0n) is 16.0. The Labute approximate surface area is 163 Å². The molecule has 0 atom stereocenters. The van der Waals surface area contributed by atoms with Crippen molar-refractivity contribution >= 4 is 11.7 Å². The predicted octanol–water partition coefficient (Wildman–Crippen LogP) is 2.80. The van der Waals surface area contributed by atoms with E-state index in [1.54, 1.807) is 6.07 Å². The number of rotatable bonds is 4. The van der Waals surface area contributed by atoms with Crippen molar-refractivity contribution in [2.75, 3.05) is 6.61 Å². The molecule has 2 N–H and O–H groups in total. The lowest BCUT2D eigenvalue weighted by Gasteiger charge is -2.32. The highest BCUT2D eigenvalue weighted by Gasteiger charge is 2.35. The number of ether oxygens (including phenoxy) is 2. The molecule has 2 aromatic carbocycles. The van der Waals surface area contributed by atoms with Crippen LogP contribution in [0.25, 0.3) is 0 Å². The third kappa shape index (κ3) is 3.67. The number of ketones is 1. The van der Waals surface area contributed by atoms with Crippen LogP contribution in [0.15, 0.2) is 36.4 Å². The Kier molecular flexibility index (Phi) is 4.49. The minimum atomic E-state index is -0.649. The molecule has 1 heterocycles. The Morgan fingerprint density at radius 2 is 1.93 bits per heavy atom. The van der Waals surface area contributed by atoms with Gasteiger partial charge in [0.2, 0.25) is 0 Å². The Morgan fingerprint density at radius 3 is 2.61 bits per heavy atom. The Bertz CT molecular complexity index is 925. The van der Waals surface area contributed by atoms with Gasteiger partial charge in [-0.2, -0.15) is 0 Å². The first-order valence-electron chi connectivity index (χ1n) is 9.39. The van der Waals surface area contributed by atoms with E-state index in [1.807, 2.05) is 26.0 Å². The van der Waals surface area contributed by atoms with Gasteiger partial charge in [-0.25, -0.2) is 0 Å². The van der Waals surface area contributed by atoms with Gasteiger partial charge in [0, 0.05) is 18.2 Å². The molecular weight excluding hydrogens is 358 g/mol. The highest BCUT2D eigenvalue weighted by Crippen LogP contribution is 2.40. The minimum Gasteiger partial charge on any atom is -0.507 e. The van der Waals surface area contributed by atoms with Crippen LogP contribution in [0.1, 0.15) is 41.8 Å². The number of hydrogen-bond donors (Lipinski definition) is 2. The third-order valence-electron chi connectivity index (χ3n) is 5.09. The van der Waals surface area contributed by atoms with Crippen LogP contribution in [0.4, 0.5) is 0 Å². The number of carbonyl (C=O) groups excluding carboxylic acids is 2. The lowest BCUT2D eigenvalue weighted by molar-refractivity contribution is -0.123. The predicted molar refractivity (Wildman–Crippen MR) is 103 cm³/mol. The molecule has 0 radical (unpaired) electrons. The number of benzene rings is 2. The molecule has 1 aliphatic heterocycles. The summed E-state index contributed by atoms with van der Waals surface area (Å²) in [5.74, 6) is -0.0321. The lowest BCUT2D eigenvalue weighted by atomic mass is 9.92. The van der Waals surface area contributed by atoms with Crippen molar-refractivity contribution in [3.05, 3.63) is 53.1 Å². The molecule has 0 fully saturated rings. The summed E-state index contributed by atoms with van der Waals surface area (Å²) in [7, 11) is 0. The zero-order valence-corrected chi connectivity index (χ0v) is 16.0. The molecule has 0 saturated heterocycles. The van der Waals surface area contributed by atoms with Crippen molar-refractivity contribution in [2.24, 2.45) is 0 Å². The summed E-state index contributed by atoms with van der Waals surface area (Å²) in [6.45, 7) is 3.44. The number of nitrogens with one attached hydrogen (secondary N) is 1. The average Bonchev–Trinajstić information content (AvgIpc) is 3.00. The van der Waals surface area contributed by atoms with Crippen LogP contribution in [0.3, 0.4) is 0 Å². The molecule has 1 amide bonds. The SMILES string of the molecule is CC1(C)CC(=O)c2c(O)cc(OCC(=O)NC3Cc4ccccc4C3)cc2O1. The van der Waals surface area contributed by atoms with Gasteiger partial charge in [-0.1, -0.05) is 24.3 Å². The number of carbonyl (C=O) groups is 2. The first-order valence-corrected chi connectivity index (χ1v) is 9.39. The molecule has 2 aliphatic rings. The van der Waals surface area contributed by atoms with Crippen LogP contribution >= 0.6 is 0 Å². The second-order valence-corrected chi connectivity index (χ2v) is 8.01. The van der Waals surface area contributed by atoms with Gasteiger partial charge in [0.15, 0.2) is 12.4 Å². The molecule has 0 unspecified atom stereocenters. The standard InChI is InChI=1S/C22H23NO5/c1-22(2)11-18(25)21-17(24)9-16(10-19(21)28-22)27-12-20(26)23-15-7-13-5-3-4-6-14(13)8-15/h3-6,9-10,15,24H,7-8,11-12H2,1-2H3,(H,23,26). The summed E-state index contributed by atoms with van der Waals surface area (Å²) in [5, 5.41) is 13.2.